The molecular weight excluding hydrogens is 507 g/mol. The summed E-state index contributed by atoms with van der Waals surface area (Å²) in [5.74, 6) is 2.74. The van der Waals surface area contributed by atoms with Gasteiger partial charge >= 0.3 is 6.18 Å². The van der Waals surface area contributed by atoms with Crippen LogP contribution in [-0.2, 0) is 13.1 Å². The van der Waals surface area contributed by atoms with Gasteiger partial charge in [-0.2, -0.15) is 13.2 Å². The maximum Gasteiger partial charge on any atom is 0.417 e. The number of anilines is 1. The lowest BCUT2D eigenvalue weighted by Crippen LogP contribution is -2.62. The van der Waals surface area contributed by atoms with E-state index >= 15 is 0 Å². The van der Waals surface area contributed by atoms with Crippen LogP contribution < -0.4 is 4.90 Å². The highest BCUT2D eigenvalue weighted by atomic mass is 35.5. The van der Waals surface area contributed by atoms with Gasteiger partial charge in [0, 0.05) is 67.3 Å². The molecule has 3 aromatic rings. The van der Waals surface area contributed by atoms with Crippen molar-refractivity contribution in [1.82, 2.24) is 29.6 Å². The lowest BCUT2D eigenvalue weighted by Gasteiger charge is -2.59. The van der Waals surface area contributed by atoms with Crippen LogP contribution in [0.25, 0.3) is 5.69 Å². The first-order chi connectivity index (χ1) is 17.6. The first-order valence-corrected chi connectivity index (χ1v) is 12.8. The van der Waals surface area contributed by atoms with Gasteiger partial charge < -0.3 is 10.0 Å². The summed E-state index contributed by atoms with van der Waals surface area (Å²) in [6.45, 7) is 2.66. The molecule has 2 saturated carbocycles. The summed E-state index contributed by atoms with van der Waals surface area (Å²) in [6, 6.07) is 5.23. The molecule has 0 atom stereocenters. The number of hydrogen-bond acceptors (Lipinski definition) is 7. The average Bonchev–Trinajstić information content (AvgIpc) is 3.10. The number of fused-ring (bicyclic) bond motifs is 3. The summed E-state index contributed by atoms with van der Waals surface area (Å²) in [6.07, 6.45) is 1.83. The van der Waals surface area contributed by atoms with Crippen molar-refractivity contribution < 1.29 is 18.3 Å². The number of rotatable bonds is 3. The predicted molar refractivity (Wildman–Crippen MR) is 128 cm³/mol. The van der Waals surface area contributed by atoms with Crippen molar-refractivity contribution in [2.24, 2.45) is 5.41 Å². The molecule has 1 saturated heterocycles. The quantitative estimate of drug-likeness (QED) is 0.549. The molecule has 0 amide bonds. The predicted octanol–water partition coefficient (Wildman–Crippen LogP) is 3.87. The van der Waals surface area contributed by atoms with Crippen molar-refractivity contribution in [1.29, 1.82) is 0 Å². The molecule has 2 aromatic heterocycles. The largest absolute Gasteiger partial charge is 0.417 e. The van der Waals surface area contributed by atoms with E-state index < -0.39 is 17.8 Å². The summed E-state index contributed by atoms with van der Waals surface area (Å²) in [7, 11) is 0. The van der Waals surface area contributed by atoms with Crippen LogP contribution in [-0.4, -0.2) is 65.6 Å². The van der Waals surface area contributed by atoms with Gasteiger partial charge in [0.25, 0.3) is 0 Å². The number of nitrogens with zero attached hydrogens (tertiary/aromatic N) is 7. The van der Waals surface area contributed by atoms with Crippen LogP contribution in [0.3, 0.4) is 0 Å². The third-order valence-electron chi connectivity index (χ3n) is 8.60. The summed E-state index contributed by atoms with van der Waals surface area (Å²) in [5, 5.41) is 19.7. The molecule has 2 aliphatic heterocycles. The minimum absolute atomic E-state index is 0.238. The smallest absolute Gasteiger partial charge is 0.380 e. The molecule has 7 rings (SSSR count). The van der Waals surface area contributed by atoms with E-state index in [-0.39, 0.29) is 24.2 Å². The lowest BCUT2D eigenvalue weighted by atomic mass is 9.57. The molecule has 4 heterocycles. The Balaban J connectivity index is 1.13. The average molecular weight is 532 g/mol. The van der Waals surface area contributed by atoms with Crippen molar-refractivity contribution in [3.63, 3.8) is 0 Å². The minimum atomic E-state index is -4.63. The topological polar surface area (TPSA) is 83.2 Å². The van der Waals surface area contributed by atoms with Crippen molar-refractivity contribution in [3.8, 4) is 5.69 Å². The highest BCUT2D eigenvalue weighted by Crippen LogP contribution is 2.56. The molecule has 0 unspecified atom stereocenters. The van der Waals surface area contributed by atoms with E-state index in [2.05, 4.69) is 29.6 Å². The van der Waals surface area contributed by atoms with Gasteiger partial charge in [0.15, 0.2) is 11.4 Å². The Morgan fingerprint density at radius 1 is 1.03 bits per heavy atom. The highest BCUT2D eigenvalue weighted by molar-refractivity contribution is 6.30. The molecule has 194 valence electrons. The number of aromatic nitrogens is 5. The second-order valence-corrected chi connectivity index (χ2v) is 11.5. The van der Waals surface area contributed by atoms with Gasteiger partial charge in [-0.15, -0.1) is 10.2 Å². The van der Waals surface area contributed by atoms with Crippen molar-refractivity contribution >= 4 is 17.4 Å². The Hall–Kier alpha value is -2.76. The molecule has 2 aliphatic carbocycles. The summed E-state index contributed by atoms with van der Waals surface area (Å²) in [4.78, 5) is 12.7. The van der Waals surface area contributed by atoms with E-state index in [1.807, 2.05) is 23.1 Å². The molecule has 8 nitrogen and oxygen atoms in total. The molecule has 0 bridgehead atoms. The minimum Gasteiger partial charge on any atom is -0.380 e. The fraction of sp³-hybridized carbons (Fsp3) is 0.520. The molecule has 1 spiro atoms. The van der Waals surface area contributed by atoms with Crippen molar-refractivity contribution in [2.75, 3.05) is 18.0 Å². The summed E-state index contributed by atoms with van der Waals surface area (Å²) in [5.41, 5.74) is -0.547. The molecule has 12 heteroatoms. The third-order valence-corrected chi connectivity index (χ3v) is 8.83. The monoisotopic (exact) mass is 531 g/mol. The van der Waals surface area contributed by atoms with Gasteiger partial charge in [-0.05, 0) is 36.6 Å². The molecule has 0 radical (unpaired) electrons. The lowest BCUT2D eigenvalue weighted by molar-refractivity contribution is -0.300. The van der Waals surface area contributed by atoms with E-state index in [9.17, 15) is 18.3 Å². The zero-order valence-electron chi connectivity index (χ0n) is 19.9. The van der Waals surface area contributed by atoms with E-state index in [0.29, 0.717) is 23.9 Å². The van der Waals surface area contributed by atoms with Gasteiger partial charge in [0.1, 0.15) is 11.6 Å². The zero-order valence-corrected chi connectivity index (χ0v) is 20.6. The van der Waals surface area contributed by atoms with E-state index in [4.69, 9.17) is 11.6 Å². The Morgan fingerprint density at radius 2 is 1.81 bits per heavy atom. The fourth-order valence-electron chi connectivity index (χ4n) is 6.59. The van der Waals surface area contributed by atoms with E-state index in [0.717, 1.165) is 48.8 Å². The number of halogens is 4. The van der Waals surface area contributed by atoms with Crippen molar-refractivity contribution in [3.05, 3.63) is 59.0 Å². The van der Waals surface area contributed by atoms with Crippen LogP contribution in [0.1, 0.15) is 48.8 Å². The van der Waals surface area contributed by atoms with Crippen LogP contribution >= 0.6 is 11.6 Å². The number of hydrogen-bond donors (Lipinski definition) is 1. The normalized spacial score (nSPS) is 27.1. The fourth-order valence-corrected chi connectivity index (χ4v) is 6.78. The zero-order chi connectivity index (χ0) is 25.6. The Bertz CT molecular complexity index is 1340. The van der Waals surface area contributed by atoms with Gasteiger partial charge in [0.2, 0.25) is 0 Å². The SMILES string of the molecule is OC1(C(F)(F)F)CC(N2Cc3cc(Cl)ccc3-n3c(nnc3C3CC4(C3)CN(c3cnccn3)C4)C2)C1. The number of benzene rings is 1. The van der Waals surface area contributed by atoms with Crippen LogP contribution in [0, 0.1) is 5.41 Å². The maximum absolute atomic E-state index is 13.3. The Kier molecular flexibility index (Phi) is 4.97. The Labute approximate surface area is 216 Å². The molecule has 1 aromatic carbocycles. The molecule has 4 aliphatic rings. The summed E-state index contributed by atoms with van der Waals surface area (Å²) < 4.78 is 41.9. The second-order valence-electron chi connectivity index (χ2n) is 11.1. The number of alkyl halides is 3. The molecule has 3 fully saturated rings. The van der Waals surface area contributed by atoms with Gasteiger partial charge in [-0.1, -0.05) is 11.6 Å². The summed E-state index contributed by atoms with van der Waals surface area (Å²) >= 11 is 6.32. The molecule has 1 N–H and O–H groups in total. The second kappa shape index (κ2) is 7.87. The van der Waals surface area contributed by atoms with Crippen LogP contribution in [0.15, 0.2) is 36.8 Å². The number of aliphatic hydroxyl groups is 1. The van der Waals surface area contributed by atoms with Crippen LogP contribution in [0.4, 0.5) is 19.0 Å². The van der Waals surface area contributed by atoms with Crippen LogP contribution in [0.2, 0.25) is 5.02 Å². The van der Waals surface area contributed by atoms with E-state index in [1.54, 1.807) is 18.6 Å². The standard InChI is InChI=1S/C25H25ClF3N7O/c26-17-1-2-19-15(5-17)11-34(18-8-24(37,9-18)25(27,28)29)12-21-32-33-22(36(19)21)16-6-23(7-16)13-35(14-23)20-10-30-3-4-31-20/h1-5,10,16,18,37H,6-9,11-14H2. The van der Waals surface area contributed by atoms with Gasteiger partial charge in [0.05, 0.1) is 18.4 Å². The molecular formula is C25H25ClF3N7O. The van der Waals surface area contributed by atoms with Crippen molar-refractivity contribution in [2.45, 2.75) is 62.5 Å². The van der Waals surface area contributed by atoms with E-state index in [1.165, 1.54) is 0 Å². The highest BCUT2D eigenvalue weighted by Gasteiger charge is 2.62. The van der Waals surface area contributed by atoms with Crippen LogP contribution in [0.5, 0.6) is 0 Å². The third kappa shape index (κ3) is 3.65. The Morgan fingerprint density at radius 3 is 2.51 bits per heavy atom. The molecule has 37 heavy (non-hydrogen) atoms. The first-order valence-electron chi connectivity index (χ1n) is 12.4. The van der Waals surface area contributed by atoms with Gasteiger partial charge in [-0.3, -0.25) is 14.5 Å². The van der Waals surface area contributed by atoms with Gasteiger partial charge in [-0.25, -0.2) is 4.98 Å². The maximum atomic E-state index is 13.3. The first kappa shape index (κ1) is 23.4.